The summed E-state index contributed by atoms with van der Waals surface area (Å²) in [5.74, 6) is -0.0827. The Morgan fingerprint density at radius 3 is 2.61 bits per heavy atom. The summed E-state index contributed by atoms with van der Waals surface area (Å²) in [5, 5.41) is 12.4. The maximum Gasteiger partial charge on any atom is 0.409 e. The molecule has 1 amide bonds. The summed E-state index contributed by atoms with van der Waals surface area (Å²) in [6.07, 6.45) is 0. The number of nitrogens with zero attached hydrogens (tertiary/aromatic N) is 4. The minimum absolute atomic E-state index is 0.0827. The van der Waals surface area contributed by atoms with Gasteiger partial charge in [-0.1, -0.05) is 0 Å². The van der Waals surface area contributed by atoms with Crippen LogP contribution in [0.2, 0.25) is 0 Å². The van der Waals surface area contributed by atoms with E-state index in [2.05, 4.69) is 32.6 Å². The lowest BCUT2D eigenvalue weighted by Crippen LogP contribution is -2.36. The van der Waals surface area contributed by atoms with E-state index in [0.29, 0.717) is 0 Å². The molecule has 0 radical (unpaired) electrons. The molecule has 1 fully saturated rings. The number of hydrogen-bond donors (Lipinski definition) is 1. The number of anilines is 2. The maximum absolute atomic E-state index is 11.3. The number of rotatable bonds is 4. The Kier molecular flexibility index (Phi) is 5.31. The molecule has 144 valence electrons. The van der Waals surface area contributed by atoms with Gasteiger partial charge in [-0.3, -0.25) is 4.79 Å². The molecule has 1 saturated heterocycles. The third-order valence-corrected chi connectivity index (χ3v) is 5.69. The van der Waals surface area contributed by atoms with Gasteiger partial charge in [-0.25, -0.2) is 4.57 Å². The van der Waals surface area contributed by atoms with Crippen LogP contribution < -0.4 is 14.8 Å². The first-order valence-corrected chi connectivity index (χ1v) is 9.96. The minimum Gasteiger partial charge on any atom is -0.378 e. The first kappa shape index (κ1) is 18.5. The third-order valence-electron chi connectivity index (χ3n) is 4.61. The van der Waals surface area contributed by atoms with Gasteiger partial charge in [-0.15, -0.1) is 0 Å². The van der Waals surface area contributed by atoms with Crippen LogP contribution in [0, 0.1) is 0 Å². The fourth-order valence-corrected chi connectivity index (χ4v) is 4.17. The lowest BCUT2D eigenvalue weighted by molar-refractivity contribution is -0.627. The van der Waals surface area contributed by atoms with Crippen molar-refractivity contribution in [1.29, 1.82) is 0 Å². The highest BCUT2D eigenvalue weighted by Gasteiger charge is 2.17. The summed E-state index contributed by atoms with van der Waals surface area (Å²) >= 11 is 1.54. The van der Waals surface area contributed by atoms with Crippen LogP contribution in [0.4, 0.5) is 22.2 Å². The molecule has 8 heteroatoms. The molecule has 4 rings (SSSR count). The number of aromatic nitrogens is 1. The second kappa shape index (κ2) is 8.04. The van der Waals surface area contributed by atoms with Crippen molar-refractivity contribution in [2.75, 3.05) is 36.5 Å². The second-order valence-electron chi connectivity index (χ2n) is 6.62. The number of thiazole rings is 1. The molecule has 0 spiro atoms. The maximum atomic E-state index is 11.3. The number of azo groups is 1. The van der Waals surface area contributed by atoms with Crippen molar-refractivity contribution in [2.24, 2.45) is 17.3 Å². The second-order valence-corrected chi connectivity index (χ2v) is 7.63. The normalized spacial score (nSPS) is 14.7. The average molecular weight is 396 g/mol. The Bertz CT molecular complexity index is 1020. The molecule has 28 heavy (non-hydrogen) atoms. The van der Waals surface area contributed by atoms with E-state index in [1.807, 2.05) is 41.9 Å². The number of morpholine rings is 1. The number of nitrogens with one attached hydrogen (secondary N) is 1. The molecule has 3 aromatic rings. The number of carbonyl (C=O) groups is 1. The Morgan fingerprint density at radius 2 is 1.89 bits per heavy atom. The smallest absolute Gasteiger partial charge is 0.378 e. The number of benzene rings is 2. The van der Waals surface area contributed by atoms with Gasteiger partial charge in [0, 0.05) is 31.4 Å². The number of hydrogen-bond acceptors (Lipinski definition) is 6. The zero-order valence-corrected chi connectivity index (χ0v) is 16.7. The van der Waals surface area contributed by atoms with Gasteiger partial charge in [0.05, 0.1) is 30.1 Å². The van der Waals surface area contributed by atoms with Crippen molar-refractivity contribution in [3.63, 3.8) is 0 Å². The molecule has 2 heterocycles. The van der Waals surface area contributed by atoms with E-state index in [4.69, 9.17) is 4.74 Å². The van der Waals surface area contributed by atoms with Crippen LogP contribution >= 0.6 is 11.3 Å². The van der Waals surface area contributed by atoms with Crippen molar-refractivity contribution in [2.45, 2.75) is 6.92 Å². The minimum atomic E-state index is -0.0827. The van der Waals surface area contributed by atoms with Gasteiger partial charge in [0.2, 0.25) is 5.91 Å². The molecule has 0 atom stereocenters. The zero-order valence-electron chi connectivity index (χ0n) is 15.9. The highest BCUT2D eigenvalue weighted by atomic mass is 32.1. The molecule has 7 nitrogen and oxygen atoms in total. The Morgan fingerprint density at radius 1 is 1.14 bits per heavy atom. The van der Waals surface area contributed by atoms with E-state index in [1.54, 1.807) is 0 Å². The third kappa shape index (κ3) is 4.02. The topological polar surface area (TPSA) is 70.2 Å². The van der Waals surface area contributed by atoms with E-state index < -0.39 is 0 Å². The van der Waals surface area contributed by atoms with Crippen LogP contribution in [-0.2, 0) is 16.6 Å². The summed E-state index contributed by atoms with van der Waals surface area (Å²) in [6, 6.07) is 13.9. The number of aryl methyl sites for hydroxylation is 1. The van der Waals surface area contributed by atoms with Crippen LogP contribution in [0.25, 0.3) is 10.2 Å². The van der Waals surface area contributed by atoms with E-state index in [-0.39, 0.29) is 5.91 Å². The average Bonchev–Trinajstić information content (AvgIpc) is 3.02. The van der Waals surface area contributed by atoms with Crippen LogP contribution in [0.5, 0.6) is 0 Å². The van der Waals surface area contributed by atoms with Crippen LogP contribution in [-0.4, -0.2) is 32.2 Å². The first-order valence-electron chi connectivity index (χ1n) is 9.15. The SMILES string of the molecule is CC(=O)Nc1ccc2c(c1)sc(N=Nc1ccc(N3CCOCC3)cc1)[n+]2C. The molecule has 1 aromatic heterocycles. The molecule has 1 N–H and O–H groups in total. The number of carbonyl (C=O) groups excluding carboxylic acids is 1. The molecule has 0 unspecified atom stereocenters. The van der Waals surface area contributed by atoms with E-state index >= 15 is 0 Å². The molecule has 1 aliphatic rings. The molecule has 1 aliphatic heterocycles. The van der Waals surface area contributed by atoms with Gasteiger partial charge in [-0.05, 0) is 58.9 Å². The number of fused-ring (bicyclic) bond motifs is 1. The summed E-state index contributed by atoms with van der Waals surface area (Å²) < 4.78 is 8.45. The van der Waals surface area contributed by atoms with Gasteiger partial charge in [0.15, 0.2) is 0 Å². The molecule has 0 aliphatic carbocycles. The summed E-state index contributed by atoms with van der Waals surface area (Å²) in [4.78, 5) is 13.6. The van der Waals surface area contributed by atoms with Gasteiger partial charge in [-0.2, -0.15) is 0 Å². The Hall–Kier alpha value is -2.84. The van der Waals surface area contributed by atoms with Crippen molar-refractivity contribution < 1.29 is 14.1 Å². The van der Waals surface area contributed by atoms with Crippen LogP contribution in [0.3, 0.4) is 0 Å². The van der Waals surface area contributed by atoms with Gasteiger partial charge < -0.3 is 15.0 Å². The molecule has 2 aromatic carbocycles. The number of amides is 1. The van der Waals surface area contributed by atoms with Crippen molar-refractivity contribution in [3.8, 4) is 0 Å². The number of ether oxygens (including phenoxy) is 1. The molecule has 0 bridgehead atoms. The van der Waals surface area contributed by atoms with Gasteiger partial charge >= 0.3 is 5.13 Å². The highest BCUT2D eigenvalue weighted by Crippen LogP contribution is 2.30. The monoisotopic (exact) mass is 396 g/mol. The lowest BCUT2D eigenvalue weighted by atomic mass is 10.2. The first-order chi connectivity index (χ1) is 13.6. The van der Waals surface area contributed by atoms with Crippen molar-refractivity contribution in [3.05, 3.63) is 42.5 Å². The van der Waals surface area contributed by atoms with Crippen molar-refractivity contribution >= 4 is 49.7 Å². The molecule has 0 saturated carbocycles. The van der Waals surface area contributed by atoms with Gasteiger partial charge in [0.25, 0.3) is 0 Å². The summed E-state index contributed by atoms with van der Waals surface area (Å²) in [6.45, 7) is 4.88. The van der Waals surface area contributed by atoms with Crippen LogP contribution in [0.15, 0.2) is 52.7 Å². The predicted octanol–water partition coefficient (Wildman–Crippen LogP) is 3.94. The lowest BCUT2D eigenvalue weighted by Gasteiger charge is -2.28. The predicted molar refractivity (Wildman–Crippen MR) is 111 cm³/mol. The quantitative estimate of drug-likeness (QED) is 0.536. The van der Waals surface area contributed by atoms with Crippen molar-refractivity contribution in [1.82, 2.24) is 0 Å². The standard InChI is InChI=1S/C20H21N5O2S/c1-14(26)21-16-5-8-18-19(13-16)28-20(24(18)2)23-22-15-3-6-17(7-4-15)25-9-11-27-12-10-25/h3-8,13H,9-12H2,1-2H3/p+1. The van der Waals surface area contributed by atoms with Crippen LogP contribution in [0.1, 0.15) is 6.92 Å². The Labute approximate surface area is 167 Å². The molecular formula is C20H22N5O2S+. The van der Waals surface area contributed by atoms with E-state index in [1.165, 1.54) is 23.9 Å². The summed E-state index contributed by atoms with van der Waals surface area (Å²) in [7, 11) is 1.97. The largest absolute Gasteiger partial charge is 0.409 e. The zero-order chi connectivity index (χ0) is 19.5. The van der Waals surface area contributed by atoms with Gasteiger partial charge in [0.1, 0.15) is 11.2 Å². The Balaban J connectivity index is 1.52. The highest BCUT2D eigenvalue weighted by molar-refractivity contribution is 7.21. The summed E-state index contributed by atoms with van der Waals surface area (Å²) in [5.41, 5.74) is 3.83. The van der Waals surface area contributed by atoms with E-state index in [9.17, 15) is 4.79 Å². The fraction of sp³-hybridized carbons (Fsp3) is 0.300. The fourth-order valence-electron chi connectivity index (χ4n) is 3.16. The van der Waals surface area contributed by atoms with E-state index in [0.717, 1.165) is 53.0 Å². The molecular weight excluding hydrogens is 374 g/mol.